The van der Waals surface area contributed by atoms with E-state index in [1.54, 1.807) is 0 Å². The average Bonchev–Trinajstić information content (AvgIpc) is 2.33. The van der Waals surface area contributed by atoms with Gasteiger partial charge in [-0.3, -0.25) is 9.59 Å². The van der Waals surface area contributed by atoms with Crippen LogP contribution in [0, 0.1) is 0 Å². The number of carboxylic acid groups (broad SMARTS) is 2. The molecule has 0 aliphatic carbocycles. The van der Waals surface area contributed by atoms with Crippen molar-refractivity contribution in [1.82, 2.24) is 10.6 Å². The van der Waals surface area contributed by atoms with Crippen LogP contribution in [0.25, 0.3) is 0 Å². The maximum atomic E-state index is 10.2. The quantitative estimate of drug-likeness (QED) is 0.346. The third-order valence-electron chi connectivity index (χ3n) is 1.23. The summed E-state index contributed by atoms with van der Waals surface area (Å²) in [5, 5.41) is 23.3. The number of hydrogen-bond donors (Lipinski definition) is 4. The minimum Gasteiger partial charge on any atom is -0.548 e. The van der Waals surface area contributed by atoms with Gasteiger partial charge in [-0.2, -0.15) is 0 Å². The molecule has 2 amide bonds. The van der Waals surface area contributed by atoms with Gasteiger partial charge in [-0.05, 0) is 0 Å². The summed E-state index contributed by atoms with van der Waals surface area (Å²) in [7, 11) is 0. The standard InChI is InChI=1S/2C4H8N2O3.Cu/c2*5-1-3(7)6-2-4(8)9;/h2*1-2,5H2,(H,6,7)(H,8,9);/q;;+2/p-2. The van der Waals surface area contributed by atoms with E-state index < -0.39 is 36.8 Å². The second-order valence-corrected chi connectivity index (χ2v) is 2.71. The van der Waals surface area contributed by atoms with Crippen molar-refractivity contribution in [3.63, 3.8) is 0 Å². The second-order valence-electron chi connectivity index (χ2n) is 2.71. The maximum absolute atomic E-state index is 10.2. The fraction of sp³-hybridized carbons (Fsp3) is 0.500. The zero-order valence-corrected chi connectivity index (χ0v) is 10.7. The van der Waals surface area contributed by atoms with Gasteiger partial charge in [0.15, 0.2) is 0 Å². The Morgan fingerprint density at radius 1 is 0.789 bits per heavy atom. The van der Waals surface area contributed by atoms with Crippen molar-refractivity contribution in [3.8, 4) is 0 Å². The Bertz CT molecular complexity index is 282. The van der Waals surface area contributed by atoms with E-state index in [2.05, 4.69) is 0 Å². The molecule has 19 heavy (non-hydrogen) atoms. The zero-order chi connectivity index (χ0) is 14.6. The number of nitrogens with two attached hydrogens (primary N) is 2. The van der Waals surface area contributed by atoms with Gasteiger partial charge < -0.3 is 41.9 Å². The Morgan fingerprint density at radius 3 is 1.21 bits per heavy atom. The molecule has 0 atom stereocenters. The van der Waals surface area contributed by atoms with Gasteiger partial charge in [0.1, 0.15) is 0 Å². The minimum absolute atomic E-state index is 0. The van der Waals surface area contributed by atoms with Crippen molar-refractivity contribution >= 4 is 23.8 Å². The summed E-state index contributed by atoms with van der Waals surface area (Å²) in [5.74, 6) is -3.65. The largest absolute Gasteiger partial charge is 2.00 e. The van der Waals surface area contributed by atoms with Crippen LogP contribution in [0.5, 0.6) is 0 Å². The molecule has 0 bridgehead atoms. The van der Waals surface area contributed by atoms with Crippen LogP contribution < -0.4 is 32.3 Å². The zero-order valence-electron chi connectivity index (χ0n) is 9.73. The van der Waals surface area contributed by atoms with Gasteiger partial charge in [0.2, 0.25) is 11.8 Å². The third-order valence-corrected chi connectivity index (χ3v) is 1.23. The van der Waals surface area contributed by atoms with E-state index in [9.17, 15) is 29.4 Å². The molecule has 0 aliphatic rings. The molecule has 6 N–H and O–H groups in total. The molecule has 10 nitrogen and oxygen atoms in total. The number of rotatable bonds is 6. The van der Waals surface area contributed by atoms with Crippen LogP contribution in [-0.4, -0.2) is 49.9 Å². The molecule has 0 fully saturated rings. The topological polar surface area (TPSA) is 190 Å². The Morgan fingerprint density at radius 2 is 1.05 bits per heavy atom. The van der Waals surface area contributed by atoms with Crippen molar-refractivity contribution in [2.45, 2.75) is 0 Å². The molecule has 0 aromatic heterocycles. The van der Waals surface area contributed by atoms with Crippen LogP contribution in [0.4, 0.5) is 0 Å². The van der Waals surface area contributed by atoms with E-state index in [1.165, 1.54) is 0 Å². The predicted octanol–water partition coefficient (Wildman–Crippen LogP) is -6.38. The molecule has 0 aromatic rings. The molecule has 0 aliphatic heterocycles. The van der Waals surface area contributed by atoms with Crippen molar-refractivity contribution < 1.29 is 46.5 Å². The number of nitrogens with one attached hydrogen (secondary N) is 2. The first kappa shape index (κ1) is 22.5. The summed E-state index contributed by atoms with van der Waals surface area (Å²) < 4.78 is 0. The van der Waals surface area contributed by atoms with Crippen molar-refractivity contribution in [2.75, 3.05) is 26.2 Å². The van der Waals surface area contributed by atoms with E-state index in [1.807, 2.05) is 10.6 Å². The van der Waals surface area contributed by atoms with Crippen LogP contribution in [0.3, 0.4) is 0 Å². The summed E-state index contributed by atoms with van der Waals surface area (Å²) >= 11 is 0. The van der Waals surface area contributed by atoms with Gasteiger partial charge in [-0.1, -0.05) is 0 Å². The fourth-order valence-electron chi connectivity index (χ4n) is 0.486. The first-order valence-corrected chi connectivity index (χ1v) is 4.66. The molecule has 0 rings (SSSR count). The molecule has 0 unspecified atom stereocenters. The normalized spacial score (nSPS) is 8.11. The second kappa shape index (κ2) is 14.4. The number of carbonyl (C=O) groups is 4. The van der Waals surface area contributed by atoms with Crippen molar-refractivity contribution in [3.05, 3.63) is 0 Å². The maximum Gasteiger partial charge on any atom is 2.00 e. The van der Waals surface area contributed by atoms with Crippen molar-refractivity contribution in [2.24, 2.45) is 11.5 Å². The molecule has 0 aromatic carbocycles. The van der Waals surface area contributed by atoms with Crippen LogP contribution in [-0.2, 0) is 36.2 Å². The Labute approximate surface area is 119 Å². The third kappa shape index (κ3) is 22.0. The predicted molar refractivity (Wildman–Crippen MR) is 54.1 cm³/mol. The molecule has 0 saturated heterocycles. The van der Waals surface area contributed by atoms with Crippen LogP contribution in [0.2, 0.25) is 0 Å². The number of amides is 2. The minimum atomic E-state index is -1.32. The Kier molecular flexibility index (Phi) is 17.0. The van der Waals surface area contributed by atoms with E-state index in [-0.39, 0.29) is 30.2 Å². The first-order valence-electron chi connectivity index (χ1n) is 4.66. The molecule has 11 heteroatoms. The van der Waals surface area contributed by atoms with E-state index >= 15 is 0 Å². The van der Waals surface area contributed by atoms with E-state index in [4.69, 9.17) is 11.5 Å². The molecular weight excluding hydrogens is 312 g/mol. The smallest absolute Gasteiger partial charge is 0.548 e. The Hall–Kier alpha value is -1.68. The Balaban J connectivity index is -0.000000256. The van der Waals surface area contributed by atoms with Crippen LogP contribution >= 0.6 is 0 Å². The molecule has 0 spiro atoms. The first-order chi connectivity index (χ1) is 8.33. The van der Waals surface area contributed by atoms with Gasteiger partial charge in [0.25, 0.3) is 0 Å². The summed E-state index contributed by atoms with van der Waals surface area (Å²) in [6.45, 7) is -1.35. The summed E-state index contributed by atoms with van der Waals surface area (Å²) in [5.41, 5.74) is 9.67. The van der Waals surface area contributed by atoms with Gasteiger partial charge in [0, 0.05) is 0 Å². The van der Waals surface area contributed by atoms with Crippen LogP contribution in [0.1, 0.15) is 0 Å². The summed E-state index contributed by atoms with van der Waals surface area (Å²) in [4.78, 5) is 39.7. The molecule has 0 saturated carbocycles. The van der Waals surface area contributed by atoms with E-state index in [0.717, 1.165) is 0 Å². The van der Waals surface area contributed by atoms with E-state index in [0.29, 0.717) is 0 Å². The summed E-state index contributed by atoms with van der Waals surface area (Å²) in [6, 6.07) is 0. The number of carbonyl (C=O) groups excluding carboxylic acids is 4. The van der Waals surface area contributed by atoms with Crippen LogP contribution in [0.15, 0.2) is 0 Å². The molecule has 1 radical (unpaired) electrons. The number of hydrogen-bond acceptors (Lipinski definition) is 8. The summed E-state index contributed by atoms with van der Waals surface area (Å²) in [6.07, 6.45) is 0. The average molecular weight is 326 g/mol. The van der Waals surface area contributed by atoms with Gasteiger partial charge >= 0.3 is 17.1 Å². The number of carboxylic acids is 2. The molecular formula is C8H14CuN4O6. The van der Waals surface area contributed by atoms with Gasteiger partial charge in [-0.15, -0.1) is 0 Å². The van der Waals surface area contributed by atoms with Gasteiger partial charge in [-0.25, -0.2) is 0 Å². The fourth-order valence-corrected chi connectivity index (χ4v) is 0.486. The van der Waals surface area contributed by atoms with Crippen molar-refractivity contribution in [1.29, 1.82) is 0 Å². The monoisotopic (exact) mass is 325 g/mol. The number of aliphatic carboxylic acids is 2. The SMILES string of the molecule is NCC(=O)NCC(=O)[O-].NCC(=O)NCC(=O)[O-].[Cu+2]. The van der Waals surface area contributed by atoms with Gasteiger partial charge in [0.05, 0.1) is 38.1 Å². The molecule has 0 heterocycles. The molecule has 113 valence electrons.